The van der Waals surface area contributed by atoms with Crippen molar-refractivity contribution in [3.63, 3.8) is 0 Å². The van der Waals surface area contributed by atoms with Gasteiger partial charge in [-0.15, -0.1) is 11.3 Å². The van der Waals surface area contributed by atoms with Gasteiger partial charge in [0, 0.05) is 9.75 Å². The summed E-state index contributed by atoms with van der Waals surface area (Å²) in [4.78, 5) is 14.4. The van der Waals surface area contributed by atoms with Gasteiger partial charge in [0.15, 0.2) is 0 Å². The van der Waals surface area contributed by atoms with Crippen LogP contribution in [0.15, 0.2) is 24.3 Å². The molecule has 4 heteroatoms. The molecule has 0 unspecified atom stereocenters. The van der Waals surface area contributed by atoms with Crippen molar-refractivity contribution >= 4 is 17.2 Å². The van der Waals surface area contributed by atoms with E-state index in [2.05, 4.69) is 25.2 Å². The molecule has 0 spiro atoms. The first-order chi connectivity index (χ1) is 8.99. The molecule has 0 aliphatic heterocycles. The predicted octanol–water partition coefficient (Wildman–Crippen LogP) is 3.31. The van der Waals surface area contributed by atoms with E-state index in [0.717, 1.165) is 4.88 Å². The molecule has 2 N–H and O–H groups in total. The SMILES string of the molecule is Cc1cc(CNC(=O)c2cccc(C)c2O)sc1C. The summed E-state index contributed by atoms with van der Waals surface area (Å²) >= 11 is 1.68. The number of carbonyl (C=O) groups is 1. The Bertz CT molecular complexity index is 597. The van der Waals surface area contributed by atoms with Crippen molar-refractivity contribution in [2.75, 3.05) is 0 Å². The molecule has 0 aliphatic rings. The lowest BCUT2D eigenvalue weighted by Crippen LogP contribution is -2.22. The van der Waals surface area contributed by atoms with Crippen LogP contribution in [0.25, 0.3) is 0 Å². The molecule has 1 heterocycles. The summed E-state index contributed by atoms with van der Waals surface area (Å²) in [6.45, 7) is 6.39. The Balaban J connectivity index is 2.07. The van der Waals surface area contributed by atoms with Crippen LogP contribution in [0, 0.1) is 20.8 Å². The Labute approximate surface area is 116 Å². The van der Waals surface area contributed by atoms with Crippen molar-refractivity contribution in [1.82, 2.24) is 5.32 Å². The fourth-order valence-electron chi connectivity index (χ4n) is 1.84. The van der Waals surface area contributed by atoms with Gasteiger partial charge in [-0.3, -0.25) is 4.79 Å². The Morgan fingerprint density at radius 2 is 2.00 bits per heavy atom. The molecule has 100 valence electrons. The molecule has 1 aromatic heterocycles. The minimum atomic E-state index is -0.245. The van der Waals surface area contributed by atoms with E-state index in [1.807, 2.05) is 0 Å². The molecular formula is C15H17NO2S. The summed E-state index contributed by atoms with van der Waals surface area (Å²) < 4.78 is 0. The van der Waals surface area contributed by atoms with Crippen molar-refractivity contribution in [1.29, 1.82) is 0 Å². The molecule has 1 amide bonds. The van der Waals surface area contributed by atoms with E-state index in [1.165, 1.54) is 10.4 Å². The number of rotatable bonds is 3. The highest BCUT2D eigenvalue weighted by atomic mass is 32.1. The van der Waals surface area contributed by atoms with Gasteiger partial charge >= 0.3 is 0 Å². The van der Waals surface area contributed by atoms with Gasteiger partial charge in [0.1, 0.15) is 5.75 Å². The Hall–Kier alpha value is -1.81. The molecule has 0 saturated heterocycles. The largest absolute Gasteiger partial charge is 0.507 e. The summed E-state index contributed by atoms with van der Waals surface area (Å²) in [6, 6.07) is 7.25. The quantitative estimate of drug-likeness (QED) is 0.903. The van der Waals surface area contributed by atoms with Crippen LogP contribution in [0.2, 0.25) is 0 Å². The van der Waals surface area contributed by atoms with Gasteiger partial charge in [-0.1, -0.05) is 12.1 Å². The van der Waals surface area contributed by atoms with Crippen molar-refractivity contribution < 1.29 is 9.90 Å². The molecule has 0 fully saturated rings. The number of aryl methyl sites for hydroxylation is 3. The van der Waals surface area contributed by atoms with Gasteiger partial charge in [-0.05, 0) is 44.0 Å². The van der Waals surface area contributed by atoms with Gasteiger partial charge in [0.2, 0.25) is 0 Å². The average molecular weight is 275 g/mol. The lowest BCUT2D eigenvalue weighted by molar-refractivity contribution is 0.0948. The zero-order chi connectivity index (χ0) is 14.0. The van der Waals surface area contributed by atoms with Crippen LogP contribution in [0.1, 0.15) is 31.2 Å². The molecular weight excluding hydrogens is 258 g/mol. The van der Waals surface area contributed by atoms with E-state index < -0.39 is 0 Å². The fourth-order valence-corrected chi connectivity index (χ4v) is 2.83. The van der Waals surface area contributed by atoms with Crippen molar-refractivity contribution in [3.8, 4) is 5.75 Å². The van der Waals surface area contributed by atoms with Gasteiger partial charge in [-0.2, -0.15) is 0 Å². The highest BCUT2D eigenvalue weighted by Crippen LogP contribution is 2.22. The second-order valence-corrected chi connectivity index (χ2v) is 5.95. The smallest absolute Gasteiger partial charge is 0.255 e. The number of carbonyl (C=O) groups excluding carboxylic acids is 1. The lowest BCUT2D eigenvalue weighted by atomic mass is 10.1. The number of para-hydroxylation sites is 1. The van der Waals surface area contributed by atoms with Crippen LogP contribution < -0.4 is 5.32 Å². The van der Waals surface area contributed by atoms with E-state index in [1.54, 1.807) is 36.5 Å². The Morgan fingerprint density at radius 3 is 2.63 bits per heavy atom. The molecule has 0 atom stereocenters. The molecule has 2 rings (SSSR count). The highest BCUT2D eigenvalue weighted by Gasteiger charge is 2.12. The zero-order valence-electron chi connectivity index (χ0n) is 11.3. The molecule has 1 aromatic carbocycles. The standard InChI is InChI=1S/C15H17NO2S/c1-9-5-4-6-13(14(9)17)15(18)16-8-12-7-10(2)11(3)19-12/h4-7,17H,8H2,1-3H3,(H,16,18). The maximum Gasteiger partial charge on any atom is 0.255 e. The third kappa shape index (κ3) is 2.96. The molecule has 0 bridgehead atoms. The molecule has 3 nitrogen and oxygen atoms in total. The maximum atomic E-state index is 12.0. The summed E-state index contributed by atoms with van der Waals surface area (Å²) in [5.74, 6) is -0.191. The highest BCUT2D eigenvalue weighted by molar-refractivity contribution is 7.12. The van der Waals surface area contributed by atoms with Crippen LogP contribution in [-0.4, -0.2) is 11.0 Å². The normalized spacial score (nSPS) is 10.5. The van der Waals surface area contributed by atoms with E-state index in [4.69, 9.17) is 0 Å². The van der Waals surface area contributed by atoms with Gasteiger partial charge in [0.25, 0.3) is 5.91 Å². The number of phenols is 1. The van der Waals surface area contributed by atoms with Crippen LogP contribution in [0.5, 0.6) is 5.75 Å². The first-order valence-electron chi connectivity index (χ1n) is 6.11. The van der Waals surface area contributed by atoms with E-state index in [9.17, 15) is 9.90 Å². The number of benzene rings is 1. The predicted molar refractivity (Wildman–Crippen MR) is 77.8 cm³/mol. The summed E-state index contributed by atoms with van der Waals surface area (Å²) in [5, 5.41) is 12.7. The number of hydrogen-bond donors (Lipinski definition) is 2. The number of aromatic hydroxyl groups is 1. The number of nitrogens with one attached hydrogen (secondary N) is 1. The molecule has 19 heavy (non-hydrogen) atoms. The van der Waals surface area contributed by atoms with E-state index >= 15 is 0 Å². The summed E-state index contributed by atoms with van der Waals surface area (Å²) in [6.07, 6.45) is 0. The summed E-state index contributed by atoms with van der Waals surface area (Å²) in [5.41, 5.74) is 2.27. The first-order valence-corrected chi connectivity index (χ1v) is 6.93. The Morgan fingerprint density at radius 1 is 1.26 bits per heavy atom. The second kappa shape index (κ2) is 5.45. The van der Waals surface area contributed by atoms with Crippen LogP contribution in [0.3, 0.4) is 0 Å². The lowest BCUT2D eigenvalue weighted by Gasteiger charge is -2.07. The average Bonchev–Trinajstić information content (AvgIpc) is 2.69. The van der Waals surface area contributed by atoms with Crippen LogP contribution in [-0.2, 0) is 6.54 Å². The van der Waals surface area contributed by atoms with Crippen molar-refractivity contribution in [3.05, 3.63) is 50.7 Å². The third-order valence-electron chi connectivity index (χ3n) is 3.12. The maximum absolute atomic E-state index is 12.0. The Kier molecular flexibility index (Phi) is 3.90. The summed E-state index contributed by atoms with van der Waals surface area (Å²) in [7, 11) is 0. The van der Waals surface area contributed by atoms with Gasteiger partial charge in [0.05, 0.1) is 12.1 Å². The van der Waals surface area contributed by atoms with Gasteiger partial charge in [-0.25, -0.2) is 0 Å². The molecule has 0 radical (unpaired) electrons. The number of thiophene rings is 1. The van der Waals surface area contributed by atoms with Crippen LogP contribution >= 0.6 is 11.3 Å². The number of phenolic OH excluding ortho intramolecular Hbond substituents is 1. The topological polar surface area (TPSA) is 49.3 Å². The monoisotopic (exact) mass is 275 g/mol. The van der Waals surface area contributed by atoms with Crippen LogP contribution in [0.4, 0.5) is 0 Å². The zero-order valence-corrected chi connectivity index (χ0v) is 12.1. The molecule has 0 aliphatic carbocycles. The van der Waals surface area contributed by atoms with E-state index in [-0.39, 0.29) is 11.7 Å². The third-order valence-corrected chi connectivity index (χ3v) is 4.28. The molecule has 0 saturated carbocycles. The fraction of sp³-hybridized carbons (Fsp3) is 0.267. The minimum absolute atomic E-state index is 0.0542. The first kappa shape index (κ1) is 13.6. The van der Waals surface area contributed by atoms with E-state index in [0.29, 0.717) is 17.7 Å². The number of hydrogen-bond acceptors (Lipinski definition) is 3. The van der Waals surface area contributed by atoms with Crippen molar-refractivity contribution in [2.24, 2.45) is 0 Å². The molecule has 2 aromatic rings. The van der Waals surface area contributed by atoms with Gasteiger partial charge < -0.3 is 10.4 Å². The number of amides is 1. The minimum Gasteiger partial charge on any atom is -0.507 e. The van der Waals surface area contributed by atoms with Crippen molar-refractivity contribution in [2.45, 2.75) is 27.3 Å². The second-order valence-electron chi connectivity index (χ2n) is 4.61.